The van der Waals surface area contributed by atoms with E-state index < -0.39 is 35.9 Å². The first kappa shape index (κ1) is 29.2. The standard InChI is InChI=1S/C31H27F5N2O4/c32-24-4-1-5-25(33)28(24)26-18-23(30(40)41-17-3-16-38-15-2-6-27(38)39)29(37-26)21-9-7-19(8-10-21)20-11-13-22(14-12-20)42-31(34,35)36/h1,4-5,7-14,23,29H,2-3,6,15-18H2. The quantitative estimate of drug-likeness (QED) is 0.160. The molecule has 1 saturated heterocycles. The first-order valence-electron chi connectivity index (χ1n) is 13.5. The zero-order chi connectivity index (χ0) is 29.9. The molecule has 1 amide bonds. The highest BCUT2D eigenvalue weighted by molar-refractivity contribution is 6.04. The molecule has 0 N–H and O–H groups in total. The highest BCUT2D eigenvalue weighted by Crippen LogP contribution is 2.39. The predicted octanol–water partition coefficient (Wildman–Crippen LogP) is 6.64. The molecule has 0 aromatic heterocycles. The highest BCUT2D eigenvalue weighted by Gasteiger charge is 2.39. The van der Waals surface area contributed by atoms with Crippen molar-refractivity contribution in [2.45, 2.75) is 38.1 Å². The van der Waals surface area contributed by atoms with Crippen LogP contribution in [0, 0.1) is 17.6 Å². The van der Waals surface area contributed by atoms with Crippen molar-refractivity contribution in [2.75, 3.05) is 19.7 Å². The number of halogens is 5. The molecular formula is C31H27F5N2O4. The SMILES string of the molecule is O=C(OCCCN1CCCC1=O)C1CC(c2c(F)cccc2F)=NC1c1ccc(-c2ccc(OC(F)(F)F)cc2)cc1. The van der Waals surface area contributed by atoms with Crippen molar-refractivity contribution in [3.05, 3.63) is 89.5 Å². The van der Waals surface area contributed by atoms with Crippen LogP contribution in [0.25, 0.3) is 11.1 Å². The van der Waals surface area contributed by atoms with Gasteiger partial charge >= 0.3 is 12.3 Å². The van der Waals surface area contributed by atoms with E-state index in [9.17, 15) is 31.5 Å². The lowest BCUT2D eigenvalue weighted by Crippen LogP contribution is -2.27. The Bertz CT molecular complexity index is 1450. The van der Waals surface area contributed by atoms with E-state index in [4.69, 9.17) is 4.74 Å². The van der Waals surface area contributed by atoms with Gasteiger partial charge in [-0.3, -0.25) is 14.6 Å². The average Bonchev–Trinajstić information content (AvgIpc) is 3.57. The number of hydrogen-bond donors (Lipinski definition) is 0. The third-order valence-electron chi connectivity index (χ3n) is 7.30. The van der Waals surface area contributed by atoms with E-state index >= 15 is 0 Å². The maximum Gasteiger partial charge on any atom is 0.573 e. The van der Waals surface area contributed by atoms with Crippen LogP contribution in [0.4, 0.5) is 22.0 Å². The normalized spacial score (nSPS) is 18.7. The molecule has 2 aliphatic rings. The van der Waals surface area contributed by atoms with Gasteiger partial charge in [0.15, 0.2) is 0 Å². The van der Waals surface area contributed by atoms with Crippen LogP contribution in [0.2, 0.25) is 0 Å². The molecule has 42 heavy (non-hydrogen) atoms. The Morgan fingerprint density at radius 1 is 0.952 bits per heavy atom. The van der Waals surface area contributed by atoms with E-state index in [1.807, 2.05) is 0 Å². The van der Waals surface area contributed by atoms with Crippen molar-refractivity contribution in [3.8, 4) is 16.9 Å². The summed E-state index contributed by atoms with van der Waals surface area (Å²) in [7, 11) is 0. The fourth-order valence-corrected chi connectivity index (χ4v) is 5.29. The van der Waals surface area contributed by atoms with Crippen LogP contribution in [0.3, 0.4) is 0 Å². The molecule has 0 spiro atoms. The van der Waals surface area contributed by atoms with Gasteiger partial charge in [0.1, 0.15) is 17.4 Å². The molecule has 11 heteroatoms. The number of rotatable bonds is 9. The molecule has 2 atom stereocenters. The second-order valence-corrected chi connectivity index (χ2v) is 10.1. The highest BCUT2D eigenvalue weighted by atomic mass is 19.4. The molecule has 1 fully saturated rings. The number of nitrogens with zero attached hydrogens (tertiary/aromatic N) is 2. The van der Waals surface area contributed by atoms with Crippen LogP contribution in [0.15, 0.2) is 71.7 Å². The number of hydrogen-bond acceptors (Lipinski definition) is 5. The molecule has 3 aromatic carbocycles. The van der Waals surface area contributed by atoms with Gasteiger partial charge in [-0.05, 0) is 53.8 Å². The molecule has 0 bridgehead atoms. The van der Waals surface area contributed by atoms with E-state index in [2.05, 4.69) is 9.73 Å². The van der Waals surface area contributed by atoms with Crippen LogP contribution in [0.1, 0.15) is 42.9 Å². The summed E-state index contributed by atoms with van der Waals surface area (Å²) < 4.78 is 76.1. The number of ether oxygens (including phenoxy) is 2. The van der Waals surface area contributed by atoms with E-state index in [1.165, 1.54) is 30.3 Å². The van der Waals surface area contributed by atoms with Crippen molar-refractivity contribution in [1.82, 2.24) is 4.90 Å². The van der Waals surface area contributed by atoms with Gasteiger partial charge in [-0.15, -0.1) is 13.2 Å². The zero-order valence-electron chi connectivity index (χ0n) is 22.4. The molecular weight excluding hydrogens is 559 g/mol. The van der Waals surface area contributed by atoms with Gasteiger partial charge in [-0.1, -0.05) is 42.5 Å². The van der Waals surface area contributed by atoms with Crippen LogP contribution in [-0.4, -0.2) is 48.5 Å². The molecule has 3 aromatic rings. The molecule has 2 aliphatic heterocycles. The molecule has 220 valence electrons. The number of benzene rings is 3. The number of aliphatic imine (C=N–C) groups is 1. The molecule has 0 saturated carbocycles. The van der Waals surface area contributed by atoms with Gasteiger partial charge in [0.25, 0.3) is 0 Å². The Hall–Kier alpha value is -4.28. The number of amides is 1. The number of alkyl halides is 3. The molecule has 6 nitrogen and oxygen atoms in total. The number of esters is 1. The lowest BCUT2D eigenvalue weighted by Gasteiger charge is -2.19. The Kier molecular flexibility index (Phi) is 8.56. The fraction of sp³-hybridized carbons (Fsp3) is 0.323. The van der Waals surface area contributed by atoms with E-state index in [1.54, 1.807) is 29.2 Å². The summed E-state index contributed by atoms with van der Waals surface area (Å²) in [6, 6.07) is 15.0. The van der Waals surface area contributed by atoms with Gasteiger partial charge in [-0.25, -0.2) is 8.78 Å². The Morgan fingerprint density at radius 3 is 2.19 bits per heavy atom. The molecule has 2 heterocycles. The summed E-state index contributed by atoms with van der Waals surface area (Å²) in [6.07, 6.45) is -3.03. The van der Waals surface area contributed by atoms with Crippen molar-refractivity contribution >= 4 is 17.6 Å². The maximum atomic E-state index is 14.6. The van der Waals surface area contributed by atoms with Crippen molar-refractivity contribution in [3.63, 3.8) is 0 Å². The minimum Gasteiger partial charge on any atom is -0.465 e. The minimum atomic E-state index is -4.79. The van der Waals surface area contributed by atoms with E-state index in [-0.39, 0.29) is 36.0 Å². The molecule has 5 rings (SSSR count). The predicted molar refractivity (Wildman–Crippen MR) is 144 cm³/mol. The molecule has 0 aliphatic carbocycles. The minimum absolute atomic E-state index is 0.0333. The van der Waals surface area contributed by atoms with Gasteiger partial charge in [-0.2, -0.15) is 0 Å². The largest absolute Gasteiger partial charge is 0.573 e. The maximum absolute atomic E-state index is 14.6. The number of likely N-dealkylation sites (tertiary alicyclic amines) is 1. The Labute approximate surface area is 238 Å². The summed E-state index contributed by atoms with van der Waals surface area (Å²) in [6.45, 7) is 1.25. The van der Waals surface area contributed by atoms with Crippen molar-refractivity contribution in [1.29, 1.82) is 0 Å². The Balaban J connectivity index is 1.33. The van der Waals surface area contributed by atoms with Gasteiger partial charge in [0.2, 0.25) is 5.91 Å². The van der Waals surface area contributed by atoms with Gasteiger partial charge < -0.3 is 14.4 Å². The van der Waals surface area contributed by atoms with E-state index in [0.717, 1.165) is 18.6 Å². The summed E-state index contributed by atoms with van der Waals surface area (Å²) in [5, 5.41) is 0. The smallest absolute Gasteiger partial charge is 0.465 e. The summed E-state index contributed by atoms with van der Waals surface area (Å²) >= 11 is 0. The van der Waals surface area contributed by atoms with Crippen LogP contribution in [0.5, 0.6) is 5.75 Å². The topological polar surface area (TPSA) is 68.2 Å². The van der Waals surface area contributed by atoms with Crippen LogP contribution in [-0.2, 0) is 14.3 Å². The summed E-state index contributed by atoms with van der Waals surface area (Å²) in [5.41, 5.74) is 1.75. The molecule has 2 unspecified atom stereocenters. The second-order valence-electron chi connectivity index (χ2n) is 10.1. The first-order valence-corrected chi connectivity index (χ1v) is 13.5. The average molecular weight is 587 g/mol. The monoisotopic (exact) mass is 586 g/mol. The van der Waals surface area contributed by atoms with Crippen LogP contribution >= 0.6 is 0 Å². The third kappa shape index (κ3) is 6.78. The lowest BCUT2D eigenvalue weighted by atomic mass is 9.90. The number of carbonyl (C=O) groups is 2. The summed E-state index contributed by atoms with van der Waals surface area (Å²) in [5.74, 6) is -3.24. The fourth-order valence-electron chi connectivity index (χ4n) is 5.29. The lowest BCUT2D eigenvalue weighted by molar-refractivity contribution is -0.274. The van der Waals surface area contributed by atoms with Crippen molar-refractivity contribution in [2.24, 2.45) is 10.9 Å². The zero-order valence-corrected chi connectivity index (χ0v) is 22.4. The van der Waals surface area contributed by atoms with E-state index in [0.29, 0.717) is 42.6 Å². The number of carbonyl (C=O) groups excluding carboxylic acids is 2. The van der Waals surface area contributed by atoms with Gasteiger partial charge in [0, 0.05) is 31.6 Å². The second kappa shape index (κ2) is 12.3. The van der Waals surface area contributed by atoms with Crippen molar-refractivity contribution < 1.29 is 41.0 Å². The molecule has 0 radical (unpaired) electrons. The first-order chi connectivity index (χ1) is 20.1. The Morgan fingerprint density at radius 2 is 1.60 bits per heavy atom. The van der Waals surface area contributed by atoms with Gasteiger partial charge in [0.05, 0.1) is 24.1 Å². The van der Waals surface area contributed by atoms with Crippen LogP contribution < -0.4 is 4.74 Å². The third-order valence-corrected chi connectivity index (χ3v) is 7.30. The summed E-state index contributed by atoms with van der Waals surface area (Å²) in [4.78, 5) is 31.3.